The number of hydrogen-bond acceptors (Lipinski definition) is 6. The molecular weight excluding hydrogens is 412 g/mol. The molecule has 9 heteroatoms. The minimum Gasteiger partial charge on any atom is -0.376 e. The van der Waals surface area contributed by atoms with Gasteiger partial charge in [0.05, 0.1) is 27.3 Å². The maximum Gasteiger partial charge on any atom is 0.295 e. The number of amides is 2. The van der Waals surface area contributed by atoms with E-state index >= 15 is 0 Å². The van der Waals surface area contributed by atoms with Gasteiger partial charge in [-0.05, 0) is 49.1 Å². The van der Waals surface area contributed by atoms with E-state index in [2.05, 4.69) is 4.36 Å². The van der Waals surface area contributed by atoms with Crippen LogP contribution < -0.4 is 0 Å². The van der Waals surface area contributed by atoms with Crippen LogP contribution in [0.4, 0.5) is 0 Å². The number of nitrogens with zero attached hydrogens (tertiary/aromatic N) is 2. The molecule has 0 aromatic carbocycles. The van der Waals surface area contributed by atoms with Crippen molar-refractivity contribution in [2.24, 2.45) is 4.36 Å². The van der Waals surface area contributed by atoms with Crippen LogP contribution in [0.3, 0.4) is 0 Å². The zero-order valence-electron chi connectivity index (χ0n) is 17.1. The molecule has 2 aliphatic heterocycles. The van der Waals surface area contributed by atoms with Crippen LogP contribution in [0.1, 0.15) is 47.8 Å². The van der Waals surface area contributed by atoms with Crippen molar-refractivity contribution < 1.29 is 23.3 Å². The Labute approximate surface area is 176 Å². The van der Waals surface area contributed by atoms with Gasteiger partial charge in [-0.15, -0.1) is 11.3 Å². The molecule has 7 nitrogen and oxygen atoms in total. The molecule has 162 valence electrons. The molecule has 29 heavy (non-hydrogen) atoms. The van der Waals surface area contributed by atoms with Crippen LogP contribution in [0, 0.1) is 0 Å². The second-order valence-electron chi connectivity index (χ2n) is 7.62. The van der Waals surface area contributed by atoms with E-state index in [0.29, 0.717) is 37.4 Å². The lowest BCUT2D eigenvalue weighted by atomic mass is 10.1. The molecule has 2 amide bonds. The SMILES string of the molecule is CCc1ccsc1C(=O)N=S(C)(=O)C1CCN(C(=O)COCC2CCCO2)CC1. The van der Waals surface area contributed by atoms with Crippen LogP contribution >= 0.6 is 11.3 Å². The average molecular weight is 443 g/mol. The second-order valence-corrected chi connectivity index (χ2v) is 11.1. The maximum atomic E-state index is 13.1. The van der Waals surface area contributed by atoms with Gasteiger partial charge in [-0.25, -0.2) is 4.21 Å². The highest BCUT2D eigenvalue weighted by Crippen LogP contribution is 2.23. The summed E-state index contributed by atoms with van der Waals surface area (Å²) in [4.78, 5) is 27.2. The molecule has 0 bridgehead atoms. The minimum atomic E-state index is -2.66. The smallest absolute Gasteiger partial charge is 0.295 e. The zero-order chi connectivity index (χ0) is 20.9. The normalized spacial score (nSPS) is 22.4. The first-order chi connectivity index (χ1) is 13.9. The van der Waals surface area contributed by atoms with Gasteiger partial charge in [0, 0.05) is 31.2 Å². The van der Waals surface area contributed by atoms with Crippen molar-refractivity contribution >= 4 is 32.9 Å². The number of ether oxygens (including phenoxy) is 2. The summed E-state index contributed by atoms with van der Waals surface area (Å²) in [5.41, 5.74) is 0.947. The van der Waals surface area contributed by atoms with Crippen molar-refractivity contribution in [3.8, 4) is 0 Å². The van der Waals surface area contributed by atoms with E-state index in [0.717, 1.165) is 31.4 Å². The lowest BCUT2D eigenvalue weighted by molar-refractivity contribution is -0.138. The van der Waals surface area contributed by atoms with E-state index < -0.39 is 9.73 Å². The largest absolute Gasteiger partial charge is 0.376 e. The molecular formula is C20H30N2O5S2. The number of aryl methyl sites for hydroxylation is 1. The standard InChI is InChI=1S/C20H30N2O5S2/c1-3-15-8-12-28-19(15)20(24)21-29(2,25)17-6-9-22(10-7-17)18(23)14-26-13-16-5-4-11-27-16/h8,12,16-17H,3-7,9-11,13-14H2,1-2H3. The van der Waals surface area contributed by atoms with E-state index in [1.54, 1.807) is 11.2 Å². The van der Waals surface area contributed by atoms with Gasteiger partial charge in [-0.2, -0.15) is 4.36 Å². The highest BCUT2D eigenvalue weighted by atomic mass is 32.2. The molecule has 0 spiro atoms. The molecule has 3 heterocycles. The van der Waals surface area contributed by atoms with E-state index in [1.807, 2.05) is 18.4 Å². The summed E-state index contributed by atoms with van der Waals surface area (Å²) < 4.78 is 28.2. The molecule has 0 aliphatic carbocycles. The Morgan fingerprint density at radius 1 is 1.34 bits per heavy atom. The molecule has 0 saturated carbocycles. The summed E-state index contributed by atoms with van der Waals surface area (Å²) in [6.07, 6.45) is 5.61. The van der Waals surface area contributed by atoms with Crippen LogP contribution in [0.2, 0.25) is 0 Å². The van der Waals surface area contributed by atoms with E-state index in [1.165, 1.54) is 11.3 Å². The summed E-state index contributed by atoms with van der Waals surface area (Å²) >= 11 is 1.35. The Morgan fingerprint density at radius 2 is 2.10 bits per heavy atom. The molecule has 2 unspecified atom stereocenters. The third kappa shape index (κ3) is 5.87. The monoisotopic (exact) mass is 442 g/mol. The van der Waals surface area contributed by atoms with Gasteiger partial charge in [-0.1, -0.05) is 6.92 Å². The molecule has 2 atom stereocenters. The quantitative estimate of drug-likeness (QED) is 0.648. The van der Waals surface area contributed by atoms with Crippen LogP contribution in [0.25, 0.3) is 0 Å². The van der Waals surface area contributed by atoms with Gasteiger partial charge in [-0.3, -0.25) is 9.59 Å². The number of carbonyl (C=O) groups excluding carboxylic acids is 2. The van der Waals surface area contributed by atoms with Crippen molar-refractivity contribution in [3.05, 3.63) is 21.9 Å². The van der Waals surface area contributed by atoms with Crippen LogP contribution in [0.5, 0.6) is 0 Å². The lowest BCUT2D eigenvalue weighted by Crippen LogP contribution is -2.44. The Bertz CT molecular complexity index is 830. The minimum absolute atomic E-state index is 0.0487. The third-order valence-corrected chi connectivity index (χ3v) is 8.73. The Morgan fingerprint density at radius 3 is 2.76 bits per heavy atom. The second kappa shape index (κ2) is 10.1. The molecule has 2 saturated heterocycles. The van der Waals surface area contributed by atoms with Crippen molar-refractivity contribution in [1.29, 1.82) is 0 Å². The van der Waals surface area contributed by atoms with Gasteiger partial charge in [0.25, 0.3) is 5.91 Å². The van der Waals surface area contributed by atoms with Gasteiger partial charge in [0.1, 0.15) is 6.61 Å². The Balaban J connectivity index is 1.50. The topological polar surface area (TPSA) is 85.3 Å². The number of piperidine rings is 1. The molecule has 0 N–H and O–H groups in total. The van der Waals surface area contributed by atoms with E-state index in [4.69, 9.17) is 9.47 Å². The highest BCUT2D eigenvalue weighted by molar-refractivity contribution is 7.93. The van der Waals surface area contributed by atoms with Crippen molar-refractivity contribution in [2.45, 2.75) is 50.4 Å². The van der Waals surface area contributed by atoms with Gasteiger partial charge in [0.15, 0.2) is 0 Å². The van der Waals surface area contributed by atoms with Gasteiger partial charge < -0.3 is 14.4 Å². The van der Waals surface area contributed by atoms with Crippen molar-refractivity contribution in [1.82, 2.24) is 4.90 Å². The predicted octanol–water partition coefficient (Wildman–Crippen LogP) is 2.74. The van der Waals surface area contributed by atoms with Crippen molar-refractivity contribution in [2.75, 3.05) is 39.2 Å². The number of carbonyl (C=O) groups is 2. The number of likely N-dealkylation sites (tertiary alicyclic amines) is 1. The summed E-state index contributed by atoms with van der Waals surface area (Å²) in [6.45, 7) is 4.29. The highest BCUT2D eigenvalue weighted by Gasteiger charge is 2.29. The van der Waals surface area contributed by atoms with E-state index in [9.17, 15) is 13.8 Å². The van der Waals surface area contributed by atoms with Gasteiger partial charge in [0.2, 0.25) is 5.91 Å². The van der Waals surface area contributed by atoms with Crippen LogP contribution in [-0.2, 0) is 30.4 Å². The third-order valence-electron chi connectivity index (χ3n) is 5.55. The predicted molar refractivity (Wildman–Crippen MR) is 114 cm³/mol. The Hall–Kier alpha value is -1.29. The fourth-order valence-corrected chi connectivity index (χ4v) is 6.36. The van der Waals surface area contributed by atoms with Crippen LogP contribution in [0.15, 0.2) is 15.8 Å². The zero-order valence-corrected chi connectivity index (χ0v) is 18.8. The molecule has 2 fully saturated rings. The first-order valence-corrected chi connectivity index (χ1v) is 13.1. The molecule has 2 aliphatic rings. The number of hydrogen-bond donors (Lipinski definition) is 0. The first-order valence-electron chi connectivity index (χ1n) is 10.2. The number of thiophene rings is 1. The molecule has 1 aromatic rings. The van der Waals surface area contributed by atoms with Crippen molar-refractivity contribution in [3.63, 3.8) is 0 Å². The molecule has 3 rings (SSSR count). The Kier molecular flexibility index (Phi) is 7.84. The summed E-state index contributed by atoms with van der Waals surface area (Å²) in [7, 11) is -2.66. The van der Waals surface area contributed by atoms with Gasteiger partial charge >= 0.3 is 0 Å². The number of rotatable bonds is 7. The maximum absolute atomic E-state index is 13.1. The fourth-order valence-electron chi connectivity index (χ4n) is 3.77. The average Bonchev–Trinajstić information content (AvgIpc) is 3.39. The van der Waals surface area contributed by atoms with Crippen LogP contribution in [-0.4, -0.2) is 71.4 Å². The summed E-state index contributed by atoms with van der Waals surface area (Å²) in [6, 6.07) is 1.91. The van der Waals surface area contributed by atoms with E-state index in [-0.39, 0.29) is 29.8 Å². The lowest BCUT2D eigenvalue weighted by Gasteiger charge is -2.32. The summed E-state index contributed by atoms with van der Waals surface area (Å²) in [5.74, 6) is -0.436. The first kappa shape index (κ1) is 22.4. The summed E-state index contributed by atoms with van der Waals surface area (Å²) in [5, 5.41) is 1.68. The molecule has 0 radical (unpaired) electrons. The fraction of sp³-hybridized carbons (Fsp3) is 0.700. The molecule has 1 aromatic heterocycles.